The van der Waals surface area contributed by atoms with Crippen LogP contribution in [0.4, 0.5) is 5.69 Å². The van der Waals surface area contributed by atoms with Crippen LogP contribution in [0, 0.1) is 5.92 Å². The van der Waals surface area contributed by atoms with Crippen LogP contribution >= 0.6 is 0 Å². The smallest absolute Gasteiger partial charge is 0.224 e. The SMILES string of the molecule is O=C1CCc2cc(C(O)C3CCCCCC3)ccc2N1. The van der Waals surface area contributed by atoms with Crippen LogP contribution in [-0.2, 0) is 11.2 Å². The van der Waals surface area contributed by atoms with Crippen molar-refractivity contribution in [1.29, 1.82) is 0 Å². The summed E-state index contributed by atoms with van der Waals surface area (Å²) in [4.78, 5) is 11.4. The Morgan fingerprint density at radius 2 is 1.85 bits per heavy atom. The number of carbonyl (C=O) groups excluding carboxylic acids is 1. The summed E-state index contributed by atoms with van der Waals surface area (Å²) in [5.41, 5.74) is 3.10. The summed E-state index contributed by atoms with van der Waals surface area (Å²) >= 11 is 0. The average molecular weight is 273 g/mol. The molecule has 2 aliphatic rings. The molecule has 1 aliphatic heterocycles. The molecular formula is C17H23NO2. The maximum Gasteiger partial charge on any atom is 0.224 e. The zero-order valence-electron chi connectivity index (χ0n) is 11.9. The highest BCUT2D eigenvalue weighted by Crippen LogP contribution is 2.35. The van der Waals surface area contributed by atoms with Gasteiger partial charge >= 0.3 is 0 Å². The lowest BCUT2D eigenvalue weighted by atomic mass is 9.88. The number of rotatable bonds is 2. The average Bonchev–Trinajstić information content (AvgIpc) is 2.75. The predicted molar refractivity (Wildman–Crippen MR) is 79.5 cm³/mol. The number of nitrogens with one attached hydrogen (secondary N) is 1. The van der Waals surface area contributed by atoms with E-state index in [-0.39, 0.29) is 12.0 Å². The van der Waals surface area contributed by atoms with Crippen LogP contribution in [0.15, 0.2) is 18.2 Å². The molecule has 3 rings (SSSR count). The Morgan fingerprint density at radius 3 is 2.60 bits per heavy atom. The summed E-state index contributed by atoms with van der Waals surface area (Å²) in [7, 11) is 0. The number of aliphatic hydroxyl groups is 1. The van der Waals surface area contributed by atoms with Gasteiger partial charge in [-0.15, -0.1) is 0 Å². The van der Waals surface area contributed by atoms with E-state index in [0.717, 1.165) is 36.1 Å². The number of amides is 1. The van der Waals surface area contributed by atoms with Crippen molar-refractivity contribution in [2.75, 3.05) is 5.32 Å². The second-order valence-electron chi connectivity index (χ2n) is 6.16. The molecule has 1 amide bonds. The standard InChI is InChI=1S/C17H23NO2/c19-16-10-8-13-11-14(7-9-15(13)18-16)17(20)12-5-3-1-2-4-6-12/h7,9,11-12,17,20H,1-6,8,10H2,(H,18,19). The Bertz CT molecular complexity index is 490. The molecule has 1 aromatic carbocycles. The molecule has 2 N–H and O–H groups in total. The molecule has 1 aliphatic carbocycles. The summed E-state index contributed by atoms with van der Waals surface area (Å²) in [6.07, 6.45) is 8.34. The van der Waals surface area contributed by atoms with Crippen molar-refractivity contribution in [3.63, 3.8) is 0 Å². The molecule has 1 fully saturated rings. The quantitative estimate of drug-likeness (QED) is 0.809. The van der Waals surface area contributed by atoms with Crippen molar-refractivity contribution < 1.29 is 9.90 Å². The van der Waals surface area contributed by atoms with E-state index in [1.807, 2.05) is 12.1 Å². The molecule has 0 spiro atoms. The van der Waals surface area contributed by atoms with Crippen LogP contribution in [0.1, 0.15) is 62.2 Å². The van der Waals surface area contributed by atoms with Gasteiger partial charge in [-0.3, -0.25) is 4.79 Å². The van der Waals surface area contributed by atoms with Crippen LogP contribution in [0.5, 0.6) is 0 Å². The predicted octanol–water partition coefficient (Wildman–Crippen LogP) is 3.58. The third-order valence-electron chi connectivity index (χ3n) is 4.71. The van der Waals surface area contributed by atoms with Gasteiger partial charge in [-0.25, -0.2) is 0 Å². The Kier molecular flexibility index (Phi) is 4.06. The fraction of sp³-hybridized carbons (Fsp3) is 0.588. The molecular weight excluding hydrogens is 250 g/mol. The van der Waals surface area contributed by atoms with Gasteiger partial charge in [0, 0.05) is 12.1 Å². The Morgan fingerprint density at radius 1 is 1.10 bits per heavy atom. The van der Waals surface area contributed by atoms with Crippen molar-refractivity contribution in [3.8, 4) is 0 Å². The van der Waals surface area contributed by atoms with E-state index < -0.39 is 0 Å². The van der Waals surface area contributed by atoms with Crippen molar-refractivity contribution in [2.24, 2.45) is 5.92 Å². The molecule has 1 aromatic rings. The van der Waals surface area contributed by atoms with E-state index in [4.69, 9.17) is 0 Å². The Balaban J connectivity index is 1.77. The minimum Gasteiger partial charge on any atom is -0.388 e. The summed E-state index contributed by atoms with van der Waals surface area (Å²) < 4.78 is 0. The molecule has 0 saturated heterocycles. The largest absolute Gasteiger partial charge is 0.388 e. The van der Waals surface area contributed by atoms with Crippen LogP contribution in [0.3, 0.4) is 0 Å². The lowest BCUT2D eigenvalue weighted by Gasteiger charge is -2.24. The summed E-state index contributed by atoms with van der Waals surface area (Å²) in [6.45, 7) is 0. The fourth-order valence-corrected chi connectivity index (χ4v) is 3.49. The van der Waals surface area contributed by atoms with Gasteiger partial charge in [-0.1, -0.05) is 37.8 Å². The van der Waals surface area contributed by atoms with Gasteiger partial charge in [0.1, 0.15) is 0 Å². The topological polar surface area (TPSA) is 49.3 Å². The second-order valence-corrected chi connectivity index (χ2v) is 6.16. The minimum absolute atomic E-state index is 0.0922. The molecule has 3 nitrogen and oxygen atoms in total. The van der Waals surface area contributed by atoms with E-state index in [1.165, 1.54) is 25.7 Å². The maximum absolute atomic E-state index is 11.4. The minimum atomic E-state index is -0.351. The summed E-state index contributed by atoms with van der Waals surface area (Å²) in [6, 6.07) is 6.01. The first-order valence-electron chi connectivity index (χ1n) is 7.85. The van der Waals surface area contributed by atoms with Gasteiger partial charge in [0.15, 0.2) is 0 Å². The van der Waals surface area contributed by atoms with Crippen molar-refractivity contribution in [3.05, 3.63) is 29.3 Å². The Hall–Kier alpha value is -1.35. The lowest BCUT2D eigenvalue weighted by molar-refractivity contribution is -0.116. The first kappa shape index (κ1) is 13.6. The monoisotopic (exact) mass is 273 g/mol. The van der Waals surface area contributed by atoms with E-state index in [0.29, 0.717) is 12.3 Å². The highest BCUT2D eigenvalue weighted by atomic mass is 16.3. The van der Waals surface area contributed by atoms with E-state index >= 15 is 0 Å². The molecule has 20 heavy (non-hydrogen) atoms. The highest BCUT2D eigenvalue weighted by Gasteiger charge is 2.23. The number of aryl methyl sites for hydroxylation is 1. The molecule has 0 radical (unpaired) electrons. The first-order chi connectivity index (χ1) is 9.74. The molecule has 3 heteroatoms. The number of fused-ring (bicyclic) bond motifs is 1. The molecule has 0 bridgehead atoms. The highest BCUT2D eigenvalue weighted by molar-refractivity contribution is 5.93. The van der Waals surface area contributed by atoms with Crippen molar-refractivity contribution in [2.45, 2.75) is 57.5 Å². The number of benzene rings is 1. The van der Waals surface area contributed by atoms with Gasteiger partial charge in [0.05, 0.1) is 6.10 Å². The van der Waals surface area contributed by atoms with Gasteiger partial charge in [-0.05, 0) is 42.4 Å². The lowest BCUT2D eigenvalue weighted by Crippen LogP contribution is -2.20. The van der Waals surface area contributed by atoms with Crippen LogP contribution in [0.25, 0.3) is 0 Å². The van der Waals surface area contributed by atoms with Gasteiger partial charge < -0.3 is 10.4 Å². The van der Waals surface area contributed by atoms with E-state index in [1.54, 1.807) is 0 Å². The molecule has 1 saturated carbocycles. The number of carbonyl (C=O) groups is 1. The third kappa shape index (κ3) is 2.88. The van der Waals surface area contributed by atoms with Gasteiger partial charge in [0.2, 0.25) is 5.91 Å². The molecule has 1 heterocycles. The molecule has 1 unspecified atom stereocenters. The van der Waals surface area contributed by atoms with Crippen molar-refractivity contribution >= 4 is 11.6 Å². The molecule has 1 atom stereocenters. The fourth-order valence-electron chi connectivity index (χ4n) is 3.49. The third-order valence-corrected chi connectivity index (χ3v) is 4.71. The van der Waals surface area contributed by atoms with Crippen LogP contribution in [0.2, 0.25) is 0 Å². The zero-order chi connectivity index (χ0) is 13.9. The van der Waals surface area contributed by atoms with Crippen molar-refractivity contribution in [1.82, 2.24) is 0 Å². The van der Waals surface area contributed by atoms with Crippen LogP contribution in [-0.4, -0.2) is 11.0 Å². The summed E-state index contributed by atoms with van der Waals surface area (Å²) in [5, 5.41) is 13.5. The summed E-state index contributed by atoms with van der Waals surface area (Å²) in [5.74, 6) is 0.489. The number of hydrogen-bond acceptors (Lipinski definition) is 2. The van der Waals surface area contributed by atoms with E-state index in [2.05, 4.69) is 11.4 Å². The number of hydrogen-bond donors (Lipinski definition) is 2. The van der Waals surface area contributed by atoms with E-state index in [9.17, 15) is 9.90 Å². The van der Waals surface area contributed by atoms with Gasteiger partial charge in [-0.2, -0.15) is 0 Å². The normalized spacial score (nSPS) is 21.8. The van der Waals surface area contributed by atoms with Gasteiger partial charge in [0.25, 0.3) is 0 Å². The number of anilines is 1. The second kappa shape index (κ2) is 5.96. The number of aliphatic hydroxyl groups excluding tert-OH is 1. The maximum atomic E-state index is 11.4. The molecule has 108 valence electrons. The molecule has 0 aromatic heterocycles. The Labute approximate surface area is 120 Å². The first-order valence-corrected chi connectivity index (χ1v) is 7.85. The van der Waals surface area contributed by atoms with Crippen LogP contribution < -0.4 is 5.32 Å². The zero-order valence-corrected chi connectivity index (χ0v) is 11.9.